The summed E-state index contributed by atoms with van der Waals surface area (Å²) in [7, 11) is 0. The molecule has 0 aliphatic carbocycles. The van der Waals surface area contributed by atoms with Gasteiger partial charge < -0.3 is 4.74 Å². The molecule has 0 rings (SSSR count). The van der Waals surface area contributed by atoms with Crippen molar-refractivity contribution >= 4 is 5.97 Å². The summed E-state index contributed by atoms with van der Waals surface area (Å²) in [5, 5.41) is 0. The maximum absolute atomic E-state index is 11.6. The van der Waals surface area contributed by atoms with Gasteiger partial charge in [0.25, 0.3) is 0 Å². The molecule has 0 unspecified atom stereocenters. The summed E-state index contributed by atoms with van der Waals surface area (Å²) in [4.78, 5) is 11.6. The molecule has 0 saturated carbocycles. The number of hydrogen-bond acceptors (Lipinski definition) is 2. The summed E-state index contributed by atoms with van der Waals surface area (Å²) in [6.45, 7) is 9.34. The molecule has 18 heavy (non-hydrogen) atoms. The Bertz CT molecular complexity index is 194. The average Bonchev–Trinajstić information content (AvgIpc) is 2.35. The van der Waals surface area contributed by atoms with Crippen molar-refractivity contribution in [2.75, 3.05) is 6.61 Å². The van der Waals surface area contributed by atoms with E-state index in [4.69, 9.17) is 4.74 Å². The van der Waals surface area contributed by atoms with Crippen molar-refractivity contribution in [1.82, 2.24) is 0 Å². The van der Waals surface area contributed by atoms with Crippen LogP contribution in [0.2, 0.25) is 0 Å². The molecule has 0 radical (unpaired) electrons. The second-order valence-corrected chi connectivity index (χ2v) is 5.47. The van der Waals surface area contributed by atoms with Gasteiger partial charge in [-0.2, -0.15) is 0 Å². The highest BCUT2D eigenvalue weighted by Gasteiger charge is 2.28. The molecular weight excluding hydrogens is 224 g/mol. The predicted octanol–water partition coefficient (Wildman–Crippen LogP) is 5.11. The molecule has 0 aliphatic rings. The Kier molecular flexibility index (Phi) is 10.1. The van der Waals surface area contributed by atoms with Crippen molar-refractivity contribution in [2.24, 2.45) is 5.41 Å². The highest BCUT2D eigenvalue weighted by Crippen LogP contribution is 2.39. The van der Waals surface area contributed by atoms with Crippen LogP contribution in [0.5, 0.6) is 0 Å². The molecule has 0 saturated heterocycles. The van der Waals surface area contributed by atoms with Gasteiger partial charge in [0.1, 0.15) is 0 Å². The standard InChI is InChI=1S/C16H32O2/c1-5-10-16(11-6-2,12-7-3)13-9-15(17)18-14-8-4/h5-14H2,1-4H3. The Labute approximate surface area is 113 Å². The lowest BCUT2D eigenvalue weighted by atomic mass is 9.72. The summed E-state index contributed by atoms with van der Waals surface area (Å²) >= 11 is 0. The molecule has 0 spiro atoms. The van der Waals surface area contributed by atoms with E-state index in [9.17, 15) is 4.79 Å². The van der Waals surface area contributed by atoms with Crippen molar-refractivity contribution in [1.29, 1.82) is 0 Å². The van der Waals surface area contributed by atoms with Crippen molar-refractivity contribution in [2.45, 2.75) is 85.5 Å². The van der Waals surface area contributed by atoms with Gasteiger partial charge in [-0.1, -0.05) is 47.0 Å². The maximum Gasteiger partial charge on any atom is 0.305 e. The van der Waals surface area contributed by atoms with Gasteiger partial charge in [-0.3, -0.25) is 4.79 Å². The molecule has 0 aliphatic heterocycles. The van der Waals surface area contributed by atoms with Crippen LogP contribution in [-0.4, -0.2) is 12.6 Å². The molecule has 2 heteroatoms. The van der Waals surface area contributed by atoms with Crippen LogP contribution in [0.3, 0.4) is 0 Å². The molecule has 0 bridgehead atoms. The maximum atomic E-state index is 11.6. The Hall–Kier alpha value is -0.530. The summed E-state index contributed by atoms with van der Waals surface area (Å²) in [5.41, 5.74) is 0.378. The zero-order valence-electron chi connectivity index (χ0n) is 12.9. The van der Waals surface area contributed by atoms with Gasteiger partial charge in [0, 0.05) is 6.42 Å². The van der Waals surface area contributed by atoms with Gasteiger partial charge in [-0.05, 0) is 37.5 Å². The van der Waals surface area contributed by atoms with Crippen LogP contribution in [-0.2, 0) is 9.53 Å². The minimum absolute atomic E-state index is 0.00969. The highest BCUT2D eigenvalue weighted by atomic mass is 16.5. The molecule has 108 valence electrons. The third-order valence-corrected chi connectivity index (χ3v) is 3.67. The molecule has 0 fully saturated rings. The zero-order valence-corrected chi connectivity index (χ0v) is 12.9. The van der Waals surface area contributed by atoms with Crippen molar-refractivity contribution in [3.05, 3.63) is 0 Å². The SMILES string of the molecule is CCCOC(=O)CCC(CCC)(CCC)CCC. The van der Waals surface area contributed by atoms with Gasteiger partial charge in [-0.15, -0.1) is 0 Å². The quantitative estimate of drug-likeness (QED) is 0.480. The molecule has 0 amide bonds. The first kappa shape index (κ1) is 17.5. The van der Waals surface area contributed by atoms with Crippen molar-refractivity contribution < 1.29 is 9.53 Å². The van der Waals surface area contributed by atoms with E-state index in [1.165, 1.54) is 38.5 Å². The predicted molar refractivity (Wildman–Crippen MR) is 77.6 cm³/mol. The second kappa shape index (κ2) is 10.4. The molecule has 2 nitrogen and oxygen atoms in total. The van der Waals surface area contributed by atoms with E-state index in [0.717, 1.165) is 12.8 Å². The van der Waals surface area contributed by atoms with Crippen molar-refractivity contribution in [3.8, 4) is 0 Å². The monoisotopic (exact) mass is 256 g/mol. The summed E-state index contributed by atoms with van der Waals surface area (Å²) in [6.07, 6.45) is 9.89. The number of carbonyl (C=O) groups is 1. The van der Waals surface area contributed by atoms with E-state index in [1.807, 2.05) is 6.92 Å². The first-order chi connectivity index (χ1) is 8.64. The van der Waals surface area contributed by atoms with Gasteiger partial charge in [0.05, 0.1) is 6.61 Å². The first-order valence-electron chi connectivity index (χ1n) is 7.79. The van der Waals surface area contributed by atoms with Gasteiger partial charge in [0.15, 0.2) is 0 Å². The Morgan fingerprint density at radius 3 is 1.72 bits per heavy atom. The van der Waals surface area contributed by atoms with Crippen LogP contribution in [0.15, 0.2) is 0 Å². The van der Waals surface area contributed by atoms with E-state index < -0.39 is 0 Å². The van der Waals surface area contributed by atoms with Crippen molar-refractivity contribution in [3.63, 3.8) is 0 Å². The van der Waals surface area contributed by atoms with E-state index in [1.54, 1.807) is 0 Å². The number of rotatable bonds is 11. The Morgan fingerprint density at radius 1 is 0.833 bits per heavy atom. The Morgan fingerprint density at radius 2 is 1.33 bits per heavy atom. The smallest absolute Gasteiger partial charge is 0.305 e. The highest BCUT2D eigenvalue weighted by molar-refractivity contribution is 5.69. The van der Waals surface area contributed by atoms with Crippen LogP contribution < -0.4 is 0 Å². The number of carbonyl (C=O) groups excluding carboxylic acids is 1. The van der Waals surface area contributed by atoms with E-state index in [2.05, 4.69) is 20.8 Å². The molecule has 0 aromatic rings. The minimum atomic E-state index is -0.00969. The first-order valence-corrected chi connectivity index (χ1v) is 7.79. The lowest BCUT2D eigenvalue weighted by Crippen LogP contribution is -2.22. The molecular formula is C16H32O2. The van der Waals surface area contributed by atoms with Crippen LogP contribution in [0.4, 0.5) is 0 Å². The number of hydrogen-bond donors (Lipinski definition) is 0. The van der Waals surface area contributed by atoms with Gasteiger partial charge in [0.2, 0.25) is 0 Å². The largest absolute Gasteiger partial charge is 0.466 e. The topological polar surface area (TPSA) is 26.3 Å². The van der Waals surface area contributed by atoms with Crippen LogP contribution in [0.25, 0.3) is 0 Å². The molecule has 0 atom stereocenters. The summed E-state index contributed by atoms with van der Waals surface area (Å²) < 4.78 is 5.18. The van der Waals surface area contributed by atoms with Crippen LogP contribution in [0, 0.1) is 5.41 Å². The zero-order chi connectivity index (χ0) is 13.9. The summed E-state index contributed by atoms with van der Waals surface area (Å²) in [5.74, 6) is -0.00969. The third kappa shape index (κ3) is 7.03. The summed E-state index contributed by atoms with van der Waals surface area (Å²) in [6, 6.07) is 0. The normalized spacial score (nSPS) is 11.6. The fraction of sp³-hybridized carbons (Fsp3) is 0.938. The van der Waals surface area contributed by atoms with E-state index in [-0.39, 0.29) is 5.97 Å². The molecule has 0 aromatic heterocycles. The molecule has 0 heterocycles. The van der Waals surface area contributed by atoms with Crippen LogP contribution >= 0.6 is 0 Å². The fourth-order valence-corrected chi connectivity index (χ4v) is 3.00. The third-order valence-electron chi connectivity index (χ3n) is 3.67. The van der Waals surface area contributed by atoms with Crippen LogP contribution in [0.1, 0.15) is 85.5 Å². The Balaban J connectivity index is 4.32. The molecule has 0 N–H and O–H groups in total. The number of ether oxygens (including phenoxy) is 1. The van der Waals surface area contributed by atoms with E-state index >= 15 is 0 Å². The van der Waals surface area contributed by atoms with Gasteiger partial charge >= 0.3 is 5.97 Å². The molecule has 0 aromatic carbocycles. The second-order valence-electron chi connectivity index (χ2n) is 5.47. The minimum Gasteiger partial charge on any atom is -0.466 e. The number of esters is 1. The average molecular weight is 256 g/mol. The van der Waals surface area contributed by atoms with Gasteiger partial charge in [-0.25, -0.2) is 0 Å². The lowest BCUT2D eigenvalue weighted by Gasteiger charge is -2.33. The van der Waals surface area contributed by atoms with E-state index in [0.29, 0.717) is 18.4 Å². The lowest BCUT2D eigenvalue weighted by molar-refractivity contribution is -0.144. The fourth-order valence-electron chi connectivity index (χ4n) is 3.00.